The molecule has 41 heavy (non-hydrogen) atoms. The molecular weight excluding hydrogens is 565 g/mol. The highest BCUT2D eigenvalue weighted by Gasteiger charge is 2.23. The summed E-state index contributed by atoms with van der Waals surface area (Å²) in [7, 11) is 0. The summed E-state index contributed by atoms with van der Waals surface area (Å²) in [6.45, 7) is 3.59. The number of amides is 1. The predicted octanol–water partition coefficient (Wildman–Crippen LogP) is 6.79. The second-order valence-electron chi connectivity index (χ2n) is 10.2. The van der Waals surface area contributed by atoms with E-state index in [-0.39, 0.29) is 34.4 Å². The molecule has 0 bridgehead atoms. The molecule has 0 radical (unpaired) electrons. The fraction of sp³-hybridized carbons (Fsp3) is 0.300. The predicted molar refractivity (Wildman–Crippen MR) is 162 cm³/mol. The van der Waals surface area contributed by atoms with Gasteiger partial charge in [-0.05, 0) is 85.2 Å². The highest BCUT2D eigenvalue weighted by Crippen LogP contribution is 2.37. The van der Waals surface area contributed by atoms with Crippen LogP contribution in [0.2, 0.25) is 5.02 Å². The zero-order valence-corrected chi connectivity index (χ0v) is 24.3. The Morgan fingerprint density at radius 2 is 1.80 bits per heavy atom. The first-order valence-corrected chi connectivity index (χ1v) is 15.0. The van der Waals surface area contributed by atoms with Gasteiger partial charge in [0.2, 0.25) is 11.9 Å². The van der Waals surface area contributed by atoms with Crippen molar-refractivity contribution in [2.24, 2.45) is 0 Å². The first-order chi connectivity index (χ1) is 19.7. The van der Waals surface area contributed by atoms with Gasteiger partial charge in [-0.25, -0.2) is 22.9 Å². The minimum absolute atomic E-state index is 0.00470. The van der Waals surface area contributed by atoms with Crippen LogP contribution in [-0.2, 0) is 22.5 Å². The van der Waals surface area contributed by atoms with Gasteiger partial charge in [0.25, 0.3) is 11.3 Å². The molecule has 1 atom stereocenters. The van der Waals surface area contributed by atoms with Crippen molar-refractivity contribution in [3.8, 4) is 11.1 Å². The monoisotopic (exact) mass is 595 g/mol. The molecular formula is C30H31ClFN5O3S. The number of aryl methyl sites for hydroxylation is 1. The zero-order valence-electron chi connectivity index (χ0n) is 22.7. The van der Waals surface area contributed by atoms with Gasteiger partial charge in [-0.15, -0.1) is 0 Å². The number of hydrogen-bond acceptors (Lipinski definition) is 5. The van der Waals surface area contributed by atoms with Crippen molar-refractivity contribution in [1.29, 1.82) is 0 Å². The van der Waals surface area contributed by atoms with E-state index in [1.54, 1.807) is 43.5 Å². The van der Waals surface area contributed by atoms with Crippen molar-refractivity contribution in [1.82, 2.24) is 15.3 Å². The van der Waals surface area contributed by atoms with Crippen LogP contribution >= 0.6 is 11.6 Å². The summed E-state index contributed by atoms with van der Waals surface area (Å²) in [5.74, 6) is -0.0907. The van der Waals surface area contributed by atoms with Crippen LogP contribution in [0.15, 0.2) is 60.8 Å². The summed E-state index contributed by atoms with van der Waals surface area (Å²) in [4.78, 5) is 20.7. The number of para-hydroxylation sites is 1. The Bertz CT molecular complexity index is 1610. The van der Waals surface area contributed by atoms with E-state index in [4.69, 9.17) is 16.6 Å². The fourth-order valence-electron chi connectivity index (χ4n) is 5.34. The summed E-state index contributed by atoms with van der Waals surface area (Å²) in [6, 6.07) is 15.4. The molecule has 1 amide bonds. The van der Waals surface area contributed by atoms with Gasteiger partial charge in [-0.1, -0.05) is 36.7 Å². The average molecular weight is 596 g/mol. The van der Waals surface area contributed by atoms with Gasteiger partial charge in [-0.3, -0.25) is 9.35 Å². The third-order valence-corrected chi connectivity index (χ3v) is 8.36. The Labute approximate surface area is 245 Å². The quantitative estimate of drug-likeness (QED) is 0.194. The molecule has 3 N–H and O–H groups in total. The van der Waals surface area contributed by atoms with E-state index in [0.717, 1.165) is 52.0 Å². The van der Waals surface area contributed by atoms with Crippen molar-refractivity contribution in [3.63, 3.8) is 0 Å². The molecule has 214 valence electrons. The average Bonchev–Trinajstić information content (AvgIpc) is 2.95. The van der Waals surface area contributed by atoms with Crippen molar-refractivity contribution in [2.75, 3.05) is 9.62 Å². The Kier molecular flexibility index (Phi) is 8.82. The van der Waals surface area contributed by atoms with Gasteiger partial charge in [-0.2, -0.15) is 0 Å². The first kappa shape index (κ1) is 28.9. The highest BCUT2D eigenvalue weighted by atomic mass is 35.5. The van der Waals surface area contributed by atoms with Gasteiger partial charge < -0.3 is 10.6 Å². The number of nitrogens with one attached hydrogen (secondary N) is 2. The van der Waals surface area contributed by atoms with E-state index in [1.807, 2.05) is 19.1 Å². The number of anilines is 3. The minimum atomic E-state index is -2.54. The maximum Gasteiger partial charge on any atom is 0.266 e. The largest absolute Gasteiger partial charge is 0.354 e. The molecule has 1 saturated carbocycles. The molecule has 11 heteroatoms. The second kappa shape index (κ2) is 12.5. The molecule has 4 aromatic rings. The van der Waals surface area contributed by atoms with Crippen molar-refractivity contribution < 1.29 is 17.9 Å². The molecule has 1 aliphatic rings. The summed E-state index contributed by atoms with van der Waals surface area (Å²) < 4.78 is 38.5. The molecule has 5 rings (SSSR count). The minimum Gasteiger partial charge on any atom is -0.354 e. The molecule has 0 aliphatic heterocycles. The number of halogens is 2. The fourth-order valence-corrected chi connectivity index (χ4v) is 6.26. The Morgan fingerprint density at radius 3 is 2.46 bits per heavy atom. The molecule has 1 aromatic heterocycles. The second-order valence-corrected chi connectivity index (χ2v) is 11.4. The van der Waals surface area contributed by atoms with E-state index in [0.29, 0.717) is 17.9 Å². The number of aromatic nitrogens is 2. The van der Waals surface area contributed by atoms with Crippen LogP contribution in [0.1, 0.15) is 45.1 Å². The van der Waals surface area contributed by atoms with Crippen LogP contribution < -0.4 is 14.9 Å². The summed E-state index contributed by atoms with van der Waals surface area (Å²) in [6.07, 6.45) is 6.15. The number of carbonyl (C=O) groups excluding carboxylic acids is 1. The van der Waals surface area contributed by atoms with E-state index >= 15 is 4.39 Å². The topological polar surface area (TPSA) is 107 Å². The molecule has 1 fully saturated rings. The Morgan fingerprint density at radius 1 is 1.07 bits per heavy atom. The molecule has 3 aromatic carbocycles. The van der Waals surface area contributed by atoms with Gasteiger partial charge in [0.15, 0.2) is 0 Å². The van der Waals surface area contributed by atoms with Gasteiger partial charge in [0, 0.05) is 30.6 Å². The lowest BCUT2D eigenvalue weighted by molar-refractivity contribution is -0.119. The van der Waals surface area contributed by atoms with Crippen molar-refractivity contribution in [3.05, 3.63) is 77.2 Å². The number of benzene rings is 3. The molecule has 0 spiro atoms. The van der Waals surface area contributed by atoms with Crippen LogP contribution in [0.5, 0.6) is 0 Å². The normalized spacial score (nSPS) is 17.7. The van der Waals surface area contributed by atoms with Crippen LogP contribution in [0.25, 0.3) is 22.0 Å². The van der Waals surface area contributed by atoms with Crippen LogP contribution in [0.3, 0.4) is 0 Å². The molecule has 8 nitrogen and oxygen atoms in total. The Balaban J connectivity index is 1.40. The Hall–Kier alpha value is -3.60. The summed E-state index contributed by atoms with van der Waals surface area (Å²) in [5.41, 5.74) is 3.39. The lowest BCUT2D eigenvalue weighted by atomic mass is 9.91. The maximum absolute atomic E-state index is 15.4. The van der Waals surface area contributed by atoms with Crippen molar-refractivity contribution in [2.45, 2.75) is 58.0 Å². The van der Waals surface area contributed by atoms with Crippen molar-refractivity contribution >= 4 is 57.0 Å². The zero-order chi connectivity index (χ0) is 29.1. The molecule has 1 unspecified atom stereocenters. The van der Waals surface area contributed by atoms with Crippen LogP contribution in [-0.4, -0.2) is 36.7 Å². The SMILES string of the molecule is CCc1cc(-c2ccc(N(c3ccccc3Cl)S(=O)O)c(F)c2)cc2cnc(NC3CCC(NC(C)=O)CC3)nc12. The number of rotatable bonds is 8. The van der Waals surface area contributed by atoms with Crippen LogP contribution in [0.4, 0.5) is 21.7 Å². The van der Waals surface area contributed by atoms with Gasteiger partial charge in [0.1, 0.15) is 5.82 Å². The van der Waals surface area contributed by atoms with E-state index in [1.165, 1.54) is 12.1 Å². The summed E-state index contributed by atoms with van der Waals surface area (Å²) >= 11 is 3.69. The standard InChI is InChI=1S/C30H31ClFN5O3S/c1-3-19-14-21(20-8-13-28(26(32)16-20)37(41(39)40)27-7-5-4-6-25(27)31)15-22-17-33-30(36-29(19)22)35-24-11-9-23(10-12-24)34-18(2)38/h4-8,13-17,23-24H,3,9-12H2,1-2H3,(H,34,38)(H,39,40)(H,33,35,36). The van der Waals surface area contributed by atoms with Crippen LogP contribution in [0, 0.1) is 5.82 Å². The number of nitrogens with zero attached hydrogens (tertiary/aromatic N) is 3. The lowest BCUT2D eigenvalue weighted by Crippen LogP contribution is -2.39. The highest BCUT2D eigenvalue weighted by molar-refractivity contribution is 7.81. The third kappa shape index (κ3) is 6.50. The number of carbonyl (C=O) groups is 1. The molecule has 1 aliphatic carbocycles. The van der Waals surface area contributed by atoms with Gasteiger partial charge in [0.05, 0.1) is 21.9 Å². The van der Waals surface area contributed by atoms with E-state index in [2.05, 4.69) is 15.6 Å². The molecule has 0 saturated heterocycles. The first-order valence-electron chi connectivity index (χ1n) is 13.5. The summed E-state index contributed by atoms with van der Waals surface area (Å²) in [5, 5.41) is 7.51. The third-order valence-electron chi connectivity index (χ3n) is 7.34. The van der Waals surface area contributed by atoms with E-state index in [9.17, 15) is 13.6 Å². The van der Waals surface area contributed by atoms with Gasteiger partial charge >= 0.3 is 0 Å². The number of fused-ring (bicyclic) bond motifs is 1. The van der Waals surface area contributed by atoms with E-state index < -0.39 is 17.1 Å². The smallest absolute Gasteiger partial charge is 0.266 e. The maximum atomic E-state index is 15.4. The number of hydrogen-bond donors (Lipinski definition) is 3. The molecule has 1 heterocycles. The lowest BCUT2D eigenvalue weighted by Gasteiger charge is -2.29.